The van der Waals surface area contributed by atoms with Gasteiger partial charge in [0.2, 0.25) is 0 Å². The first-order chi connectivity index (χ1) is 10.7. The second kappa shape index (κ2) is 6.70. The van der Waals surface area contributed by atoms with Crippen LogP contribution in [0.15, 0.2) is 29.1 Å². The SMILES string of the molecule is O=c1[nH]nc(CCNCc2ccc(F)cc2)c2c1CCCN2. The Balaban J connectivity index is 1.58. The number of benzene rings is 1. The average Bonchev–Trinajstić information content (AvgIpc) is 2.55. The Bertz CT molecular complexity index is 696. The van der Waals surface area contributed by atoms with Crippen LogP contribution in [0.25, 0.3) is 0 Å². The molecule has 0 fully saturated rings. The Morgan fingerprint density at radius 2 is 2.09 bits per heavy atom. The fourth-order valence-corrected chi connectivity index (χ4v) is 2.68. The molecule has 0 bridgehead atoms. The molecule has 1 aromatic heterocycles. The lowest BCUT2D eigenvalue weighted by molar-refractivity contribution is 0.624. The van der Waals surface area contributed by atoms with Crippen molar-refractivity contribution in [3.05, 3.63) is 57.3 Å². The number of anilines is 1. The van der Waals surface area contributed by atoms with E-state index in [1.807, 2.05) is 0 Å². The van der Waals surface area contributed by atoms with Gasteiger partial charge in [-0.05, 0) is 30.5 Å². The summed E-state index contributed by atoms with van der Waals surface area (Å²) in [6.45, 7) is 2.30. The van der Waals surface area contributed by atoms with E-state index in [9.17, 15) is 9.18 Å². The molecule has 1 aliphatic heterocycles. The van der Waals surface area contributed by atoms with Crippen molar-refractivity contribution >= 4 is 5.69 Å². The zero-order chi connectivity index (χ0) is 15.4. The van der Waals surface area contributed by atoms with E-state index in [2.05, 4.69) is 20.8 Å². The van der Waals surface area contributed by atoms with E-state index in [1.54, 1.807) is 12.1 Å². The summed E-state index contributed by atoms with van der Waals surface area (Å²) < 4.78 is 12.8. The van der Waals surface area contributed by atoms with Crippen molar-refractivity contribution < 1.29 is 4.39 Å². The average molecular weight is 302 g/mol. The number of fused-ring (bicyclic) bond motifs is 1. The summed E-state index contributed by atoms with van der Waals surface area (Å²) in [5.41, 5.74) is 3.55. The molecule has 5 nitrogen and oxygen atoms in total. The first-order valence-corrected chi connectivity index (χ1v) is 7.53. The van der Waals surface area contributed by atoms with Crippen LogP contribution in [0.2, 0.25) is 0 Å². The molecule has 1 aromatic carbocycles. The fraction of sp³-hybridized carbons (Fsp3) is 0.375. The number of hydrogen-bond donors (Lipinski definition) is 3. The van der Waals surface area contributed by atoms with Crippen LogP contribution in [0, 0.1) is 5.82 Å². The van der Waals surface area contributed by atoms with Crippen molar-refractivity contribution in [1.82, 2.24) is 15.5 Å². The van der Waals surface area contributed by atoms with Crippen LogP contribution in [-0.2, 0) is 19.4 Å². The van der Waals surface area contributed by atoms with Gasteiger partial charge in [0.05, 0.1) is 11.4 Å². The van der Waals surface area contributed by atoms with Crippen molar-refractivity contribution in [3.63, 3.8) is 0 Å². The zero-order valence-corrected chi connectivity index (χ0v) is 12.3. The number of halogens is 1. The Morgan fingerprint density at radius 3 is 2.91 bits per heavy atom. The third kappa shape index (κ3) is 3.33. The number of nitrogens with one attached hydrogen (secondary N) is 3. The van der Waals surface area contributed by atoms with Gasteiger partial charge in [0, 0.05) is 31.6 Å². The molecule has 2 aromatic rings. The molecular weight excluding hydrogens is 283 g/mol. The summed E-state index contributed by atoms with van der Waals surface area (Å²) in [6.07, 6.45) is 2.51. The smallest absolute Gasteiger partial charge is 0.269 e. The molecule has 0 amide bonds. The van der Waals surface area contributed by atoms with E-state index in [0.717, 1.165) is 54.9 Å². The van der Waals surface area contributed by atoms with Crippen LogP contribution in [0.1, 0.15) is 23.2 Å². The molecule has 0 saturated heterocycles. The maximum atomic E-state index is 12.8. The van der Waals surface area contributed by atoms with Gasteiger partial charge in [-0.25, -0.2) is 9.49 Å². The van der Waals surface area contributed by atoms with Gasteiger partial charge >= 0.3 is 0 Å². The third-order valence-electron chi connectivity index (χ3n) is 3.84. The zero-order valence-electron chi connectivity index (χ0n) is 12.3. The first-order valence-electron chi connectivity index (χ1n) is 7.53. The Kier molecular flexibility index (Phi) is 4.48. The molecular formula is C16H19FN4O. The van der Waals surface area contributed by atoms with Crippen molar-refractivity contribution in [2.75, 3.05) is 18.4 Å². The van der Waals surface area contributed by atoms with E-state index >= 15 is 0 Å². The molecule has 0 radical (unpaired) electrons. The molecule has 116 valence electrons. The number of rotatable bonds is 5. The van der Waals surface area contributed by atoms with Crippen molar-refractivity contribution in [2.24, 2.45) is 0 Å². The normalized spacial score (nSPS) is 13.5. The molecule has 0 spiro atoms. The minimum absolute atomic E-state index is 0.0924. The van der Waals surface area contributed by atoms with Crippen LogP contribution in [-0.4, -0.2) is 23.3 Å². The summed E-state index contributed by atoms with van der Waals surface area (Å²) in [7, 11) is 0. The van der Waals surface area contributed by atoms with Gasteiger partial charge in [-0.3, -0.25) is 4.79 Å². The monoisotopic (exact) mass is 302 g/mol. The van der Waals surface area contributed by atoms with Crippen LogP contribution in [0.5, 0.6) is 0 Å². The van der Waals surface area contributed by atoms with Gasteiger partial charge < -0.3 is 10.6 Å². The molecule has 2 heterocycles. The number of H-pyrrole nitrogens is 1. The van der Waals surface area contributed by atoms with E-state index in [0.29, 0.717) is 6.54 Å². The number of nitrogens with zero attached hydrogens (tertiary/aromatic N) is 1. The van der Waals surface area contributed by atoms with Gasteiger partial charge in [0.1, 0.15) is 5.82 Å². The molecule has 0 unspecified atom stereocenters. The summed E-state index contributed by atoms with van der Waals surface area (Å²) in [4.78, 5) is 11.8. The standard InChI is InChI=1S/C16H19FN4O/c17-12-5-3-11(4-6-12)10-18-9-7-14-15-13(2-1-8-19-15)16(22)21-20-14/h3-6,18-19H,1-2,7-10H2,(H,21,22). The predicted octanol–water partition coefficient (Wildman–Crippen LogP) is 1.60. The van der Waals surface area contributed by atoms with Crippen molar-refractivity contribution in [1.29, 1.82) is 0 Å². The Morgan fingerprint density at radius 1 is 1.27 bits per heavy atom. The van der Waals surface area contributed by atoms with Crippen LogP contribution < -0.4 is 16.2 Å². The largest absolute Gasteiger partial charge is 0.383 e. The minimum Gasteiger partial charge on any atom is -0.383 e. The van der Waals surface area contributed by atoms with Crippen LogP contribution >= 0.6 is 0 Å². The summed E-state index contributed by atoms with van der Waals surface area (Å²) >= 11 is 0. The molecule has 0 saturated carbocycles. The maximum Gasteiger partial charge on any atom is 0.269 e. The summed E-state index contributed by atoms with van der Waals surface area (Å²) in [6, 6.07) is 6.45. The highest BCUT2D eigenvalue weighted by atomic mass is 19.1. The lowest BCUT2D eigenvalue weighted by atomic mass is 10.0. The van der Waals surface area contributed by atoms with Crippen molar-refractivity contribution in [3.8, 4) is 0 Å². The molecule has 0 aliphatic carbocycles. The number of hydrogen-bond acceptors (Lipinski definition) is 4. The van der Waals surface area contributed by atoms with Gasteiger partial charge in [-0.1, -0.05) is 12.1 Å². The summed E-state index contributed by atoms with van der Waals surface area (Å²) in [5.74, 6) is -0.223. The summed E-state index contributed by atoms with van der Waals surface area (Å²) in [5, 5.41) is 13.3. The van der Waals surface area contributed by atoms with Gasteiger partial charge in [-0.15, -0.1) is 0 Å². The maximum absolute atomic E-state index is 12.8. The molecule has 1 aliphatic rings. The highest BCUT2D eigenvalue weighted by Gasteiger charge is 2.16. The number of aromatic amines is 1. The highest BCUT2D eigenvalue weighted by molar-refractivity contribution is 5.55. The Labute approximate surface area is 128 Å². The highest BCUT2D eigenvalue weighted by Crippen LogP contribution is 2.21. The lowest BCUT2D eigenvalue weighted by Crippen LogP contribution is -2.26. The minimum atomic E-state index is -0.223. The lowest BCUT2D eigenvalue weighted by Gasteiger charge is -2.19. The van der Waals surface area contributed by atoms with Crippen LogP contribution in [0.3, 0.4) is 0 Å². The van der Waals surface area contributed by atoms with E-state index < -0.39 is 0 Å². The quantitative estimate of drug-likeness (QED) is 0.734. The van der Waals surface area contributed by atoms with Gasteiger partial charge in [-0.2, -0.15) is 5.10 Å². The van der Waals surface area contributed by atoms with Crippen LogP contribution in [0.4, 0.5) is 10.1 Å². The molecule has 6 heteroatoms. The van der Waals surface area contributed by atoms with Crippen molar-refractivity contribution in [2.45, 2.75) is 25.8 Å². The van der Waals surface area contributed by atoms with Gasteiger partial charge in [0.15, 0.2) is 0 Å². The second-order valence-electron chi connectivity index (χ2n) is 5.44. The van der Waals surface area contributed by atoms with E-state index in [4.69, 9.17) is 0 Å². The first kappa shape index (κ1) is 14.7. The van der Waals surface area contributed by atoms with E-state index in [1.165, 1.54) is 12.1 Å². The number of aromatic nitrogens is 2. The third-order valence-corrected chi connectivity index (χ3v) is 3.84. The molecule has 3 rings (SSSR count). The predicted molar refractivity (Wildman–Crippen MR) is 83.5 cm³/mol. The van der Waals surface area contributed by atoms with Gasteiger partial charge in [0.25, 0.3) is 5.56 Å². The fourth-order valence-electron chi connectivity index (χ4n) is 2.68. The van der Waals surface area contributed by atoms with E-state index in [-0.39, 0.29) is 11.4 Å². The molecule has 22 heavy (non-hydrogen) atoms. The molecule has 3 N–H and O–H groups in total. The molecule has 0 atom stereocenters. The topological polar surface area (TPSA) is 69.8 Å². The Hall–Kier alpha value is -2.21. The second-order valence-corrected chi connectivity index (χ2v) is 5.44.